The fraction of sp³-hybridized carbons (Fsp3) is 0.385. The second kappa shape index (κ2) is 5.32. The topological polar surface area (TPSA) is 44.1 Å². The van der Waals surface area contributed by atoms with E-state index in [2.05, 4.69) is 6.07 Å². The number of hydrogen-bond donors (Lipinski definition) is 0. The van der Waals surface area contributed by atoms with Crippen molar-refractivity contribution in [2.75, 3.05) is 19.0 Å². The van der Waals surface area contributed by atoms with Crippen molar-refractivity contribution in [1.82, 2.24) is 0 Å². The van der Waals surface area contributed by atoms with Crippen molar-refractivity contribution < 1.29 is 4.79 Å². The first-order valence-electron chi connectivity index (χ1n) is 5.24. The Morgan fingerprint density at radius 1 is 1.38 bits per heavy atom. The number of carbonyl (C=O) groups excluding carboxylic acids is 1. The van der Waals surface area contributed by atoms with Gasteiger partial charge in [0.1, 0.15) is 0 Å². The van der Waals surface area contributed by atoms with Crippen molar-refractivity contribution in [3.63, 3.8) is 0 Å². The van der Waals surface area contributed by atoms with Crippen molar-refractivity contribution in [2.45, 2.75) is 13.3 Å². The molecule has 1 aromatic rings. The van der Waals surface area contributed by atoms with Crippen LogP contribution in [-0.2, 0) is 0 Å². The number of rotatable bonds is 4. The maximum Gasteiger partial charge on any atom is 0.164 e. The molecule has 1 rings (SSSR count). The maximum atomic E-state index is 11.7. The molecule has 0 saturated heterocycles. The van der Waals surface area contributed by atoms with Gasteiger partial charge in [0.25, 0.3) is 0 Å². The van der Waals surface area contributed by atoms with Gasteiger partial charge in [-0.15, -0.1) is 0 Å². The van der Waals surface area contributed by atoms with Gasteiger partial charge in [-0.2, -0.15) is 5.26 Å². The van der Waals surface area contributed by atoms with Crippen molar-refractivity contribution in [3.8, 4) is 6.07 Å². The van der Waals surface area contributed by atoms with Crippen LogP contribution in [0.15, 0.2) is 24.3 Å². The molecule has 16 heavy (non-hydrogen) atoms. The lowest BCUT2D eigenvalue weighted by atomic mass is 10.0. The minimum Gasteiger partial charge on any atom is -0.378 e. The first-order chi connectivity index (χ1) is 7.54. The lowest BCUT2D eigenvalue weighted by Crippen LogP contribution is -2.09. The molecular weight excluding hydrogens is 200 g/mol. The summed E-state index contributed by atoms with van der Waals surface area (Å²) in [6.45, 7) is 1.76. The maximum absolute atomic E-state index is 11.7. The minimum absolute atomic E-state index is 0.0272. The van der Waals surface area contributed by atoms with E-state index in [0.29, 0.717) is 5.56 Å². The summed E-state index contributed by atoms with van der Waals surface area (Å²) in [5.74, 6) is -0.194. The Kier molecular flexibility index (Phi) is 4.07. The molecule has 1 unspecified atom stereocenters. The van der Waals surface area contributed by atoms with Crippen LogP contribution in [0.3, 0.4) is 0 Å². The molecule has 0 saturated carbocycles. The van der Waals surface area contributed by atoms with E-state index < -0.39 is 0 Å². The molecule has 0 N–H and O–H groups in total. The zero-order valence-corrected chi connectivity index (χ0v) is 9.90. The third-order valence-electron chi connectivity index (χ3n) is 2.42. The predicted molar refractivity (Wildman–Crippen MR) is 64.5 cm³/mol. The largest absolute Gasteiger partial charge is 0.378 e. The van der Waals surface area contributed by atoms with E-state index in [1.54, 1.807) is 6.92 Å². The molecule has 0 fully saturated rings. The van der Waals surface area contributed by atoms with Crippen LogP contribution in [0.5, 0.6) is 0 Å². The lowest BCUT2D eigenvalue weighted by molar-refractivity contribution is 0.0973. The SMILES string of the molecule is CC(C#N)CC(=O)c1ccc(N(C)C)cc1. The monoisotopic (exact) mass is 216 g/mol. The van der Waals surface area contributed by atoms with Gasteiger partial charge in [-0.25, -0.2) is 0 Å². The molecule has 0 aliphatic carbocycles. The highest BCUT2D eigenvalue weighted by Crippen LogP contribution is 2.15. The molecular formula is C13H16N2O. The zero-order valence-electron chi connectivity index (χ0n) is 9.90. The van der Waals surface area contributed by atoms with Gasteiger partial charge >= 0.3 is 0 Å². The average molecular weight is 216 g/mol. The number of ketones is 1. The molecule has 0 radical (unpaired) electrons. The summed E-state index contributed by atoms with van der Waals surface area (Å²) in [4.78, 5) is 13.7. The smallest absolute Gasteiger partial charge is 0.164 e. The Bertz CT molecular complexity index is 401. The molecule has 3 heteroatoms. The van der Waals surface area contributed by atoms with Gasteiger partial charge < -0.3 is 4.90 Å². The molecule has 0 spiro atoms. The van der Waals surface area contributed by atoms with Crippen molar-refractivity contribution in [3.05, 3.63) is 29.8 Å². The van der Waals surface area contributed by atoms with E-state index in [4.69, 9.17) is 5.26 Å². The fourth-order valence-corrected chi connectivity index (χ4v) is 1.39. The summed E-state index contributed by atoms with van der Waals surface area (Å²) in [6.07, 6.45) is 0.289. The van der Waals surface area contributed by atoms with Crippen LogP contribution in [0.25, 0.3) is 0 Å². The molecule has 0 aromatic heterocycles. The van der Waals surface area contributed by atoms with Crippen LogP contribution in [0.2, 0.25) is 0 Å². The molecule has 0 bridgehead atoms. The summed E-state index contributed by atoms with van der Waals surface area (Å²) in [5.41, 5.74) is 1.73. The summed E-state index contributed by atoms with van der Waals surface area (Å²) >= 11 is 0. The third kappa shape index (κ3) is 3.09. The highest BCUT2D eigenvalue weighted by molar-refractivity contribution is 5.96. The van der Waals surface area contributed by atoms with Crippen LogP contribution in [-0.4, -0.2) is 19.9 Å². The van der Waals surface area contributed by atoms with Crippen molar-refractivity contribution in [1.29, 1.82) is 5.26 Å². The molecule has 0 heterocycles. The Morgan fingerprint density at radius 3 is 2.38 bits per heavy atom. The Morgan fingerprint density at radius 2 is 1.94 bits per heavy atom. The molecule has 0 aliphatic rings. The normalized spacial score (nSPS) is 11.6. The van der Waals surface area contributed by atoms with Gasteiger partial charge in [0.05, 0.1) is 12.0 Å². The van der Waals surface area contributed by atoms with Crippen LogP contribution < -0.4 is 4.90 Å². The van der Waals surface area contributed by atoms with E-state index >= 15 is 0 Å². The Balaban J connectivity index is 2.75. The molecule has 1 aromatic carbocycles. The standard InChI is InChI=1S/C13H16N2O/c1-10(9-14)8-13(16)11-4-6-12(7-5-11)15(2)3/h4-7,10H,8H2,1-3H3. The second-order valence-electron chi connectivity index (χ2n) is 4.10. The number of carbonyl (C=O) groups is 1. The van der Waals surface area contributed by atoms with Gasteiger partial charge in [0, 0.05) is 31.8 Å². The van der Waals surface area contributed by atoms with Gasteiger partial charge in [0.2, 0.25) is 0 Å². The van der Waals surface area contributed by atoms with E-state index in [1.165, 1.54) is 0 Å². The third-order valence-corrected chi connectivity index (χ3v) is 2.42. The first-order valence-corrected chi connectivity index (χ1v) is 5.24. The van der Waals surface area contributed by atoms with E-state index in [9.17, 15) is 4.79 Å². The van der Waals surface area contributed by atoms with Gasteiger partial charge in [-0.3, -0.25) is 4.79 Å². The molecule has 0 amide bonds. The first kappa shape index (κ1) is 12.3. The van der Waals surface area contributed by atoms with Gasteiger partial charge in [0.15, 0.2) is 5.78 Å². The number of nitrogens with zero attached hydrogens (tertiary/aromatic N) is 2. The summed E-state index contributed by atoms with van der Waals surface area (Å²) in [5, 5.41) is 8.64. The summed E-state index contributed by atoms with van der Waals surface area (Å²) < 4.78 is 0. The number of nitriles is 1. The molecule has 1 atom stereocenters. The van der Waals surface area contributed by atoms with E-state index in [-0.39, 0.29) is 18.1 Å². The van der Waals surface area contributed by atoms with E-state index in [1.807, 2.05) is 43.3 Å². The fourth-order valence-electron chi connectivity index (χ4n) is 1.39. The van der Waals surface area contributed by atoms with Crippen LogP contribution in [0.1, 0.15) is 23.7 Å². The van der Waals surface area contributed by atoms with Gasteiger partial charge in [-0.05, 0) is 31.2 Å². The molecule has 84 valence electrons. The molecule has 0 aliphatic heterocycles. The Labute approximate surface area is 96.3 Å². The predicted octanol–water partition coefficient (Wildman–Crippen LogP) is 2.49. The molecule has 3 nitrogen and oxygen atoms in total. The highest BCUT2D eigenvalue weighted by Gasteiger charge is 2.10. The van der Waals surface area contributed by atoms with Crippen molar-refractivity contribution in [2.24, 2.45) is 5.92 Å². The van der Waals surface area contributed by atoms with Crippen LogP contribution in [0, 0.1) is 17.2 Å². The van der Waals surface area contributed by atoms with Crippen LogP contribution >= 0.6 is 0 Å². The minimum atomic E-state index is -0.221. The number of hydrogen-bond acceptors (Lipinski definition) is 3. The zero-order chi connectivity index (χ0) is 12.1. The number of Topliss-reactive ketones (excluding diaryl/α,β-unsaturated/α-hetero) is 1. The second-order valence-corrected chi connectivity index (χ2v) is 4.10. The summed E-state index contributed by atoms with van der Waals surface area (Å²) in [6, 6.07) is 9.49. The van der Waals surface area contributed by atoms with E-state index in [0.717, 1.165) is 5.69 Å². The van der Waals surface area contributed by atoms with Gasteiger partial charge in [-0.1, -0.05) is 0 Å². The quantitative estimate of drug-likeness (QED) is 0.726. The average Bonchev–Trinajstić information content (AvgIpc) is 2.28. The number of anilines is 1. The summed E-state index contributed by atoms with van der Waals surface area (Å²) in [7, 11) is 3.91. The Hall–Kier alpha value is -1.82. The number of benzene rings is 1. The van der Waals surface area contributed by atoms with Crippen molar-refractivity contribution >= 4 is 11.5 Å². The van der Waals surface area contributed by atoms with Crippen LogP contribution in [0.4, 0.5) is 5.69 Å². The lowest BCUT2D eigenvalue weighted by Gasteiger charge is -2.12. The highest BCUT2D eigenvalue weighted by atomic mass is 16.1.